The quantitative estimate of drug-likeness (QED) is 0.815. The molecule has 18 heavy (non-hydrogen) atoms. The smallest absolute Gasteiger partial charge is 0.245 e. The average Bonchev–Trinajstić information content (AvgIpc) is 2.62. The topological polar surface area (TPSA) is 65.4 Å². The largest absolute Gasteiger partial charge is 0.391 e. The third-order valence-corrected chi connectivity index (χ3v) is 3.31. The van der Waals surface area contributed by atoms with Crippen LogP contribution < -0.4 is 4.90 Å². The standard InChI is InChI=1S/C12H21N5O/c1-8-9(2)14-15-12(13-8)17-7-11(18)5-10(17)6-16(3)4/h10-11,18H,5-7H2,1-4H3. The van der Waals surface area contributed by atoms with Gasteiger partial charge in [-0.05, 0) is 34.4 Å². The van der Waals surface area contributed by atoms with Crippen LogP contribution in [0, 0.1) is 13.8 Å². The van der Waals surface area contributed by atoms with Gasteiger partial charge >= 0.3 is 0 Å². The summed E-state index contributed by atoms with van der Waals surface area (Å²) in [5, 5.41) is 18.1. The van der Waals surface area contributed by atoms with Crippen LogP contribution in [0.2, 0.25) is 0 Å². The van der Waals surface area contributed by atoms with E-state index in [-0.39, 0.29) is 12.1 Å². The lowest BCUT2D eigenvalue weighted by Crippen LogP contribution is -2.38. The molecule has 2 rings (SSSR count). The number of anilines is 1. The fraction of sp³-hybridized carbons (Fsp3) is 0.750. The molecule has 2 heterocycles. The number of hydrogen-bond acceptors (Lipinski definition) is 6. The molecule has 100 valence electrons. The van der Waals surface area contributed by atoms with Crippen molar-refractivity contribution in [1.82, 2.24) is 20.1 Å². The first kappa shape index (κ1) is 13.2. The number of hydrogen-bond donors (Lipinski definition) is 1. The number of rotatable bonds is 3. The summed E-state index contributed by atoms with van der Waals surface area (Å²) in [5.41, 5.74) is 1.74. The molecule has 0 radical (unpaired) electrons. The molecule has 1 aliphatic heterocycles. The Morgan fingerprint density at radius 3 is 2.61 bits per heavy atom. The van der Waals surface area contributed by atoms with Crippen molar-refractivity contribution in [3.63, 3.8) is 0 Å². The van der Waals surface area contributed by atoms with Crippen LogP contribution in [-0.4, -0.2) is 64.5 Å². The summed E-state index contributed by atoms with van der Waals surface area (Å²) in [6, 6.07) is 0.249. The van der Waals surface area contributed by atoms with E-state index < -0.39 is 0 Å². The third kappa shape index (κ3) is 2.76. The number of aliphatic hydroxyl groups is 1. The van der Waals surface area contributed by atoms with Gasteiger partial charge in [0.25, 0.3) is 0 Å². The van der Waals surface area contributed by atoms with E-state index in [0.717, 1.165) is 24.4 Å². The lowest BCUT2D eigenvalue weighted by Gasteiger charge is -2.26. The van der Waals surface area contributed by atoms with Crippen LogP contribution in [0.25, 0.3) is 0 Å². The van der Waals surface area contributed by atoms with Gasteiger partial charge in [0.2, 0.25) is 5.95 Å². The van der Waals surface area contributed by atoms with E-state index in [9.17, 15) is 5.11 Å². The second kappa shape index (κ2) is 5.16. The predicted octanol–water partition coefficient (Wildman–Crippen LogP) is -0.0104. The van der Waals surface area contributed by atoms with Crippen molar-refractivity contribution in [2.75, 3.05) is 32.1 Å². The van der Waals surface area contributed by atoms with Gasteiger partial charge in [-0.2, -0.15) is 5.10 Å². The van der Waals surface area contributed by atoms with Crippen molar-refractivity contribution >= 4 is 5.95 Å². The van der Waals surface area contributed by atoms with Crippen molar-refractivity contribution in [2.24, 2.45) is 0 Å². The Morgan fingerprint density at radius 2 is 2.00 bits per heavy atom. The van der Waals surface area contributed by atoms with Crippen LogP contribution >= 0.6 is 0 Å². The zero-order chi connectivity index (χ0) is 13.3. The Bertz CT molecular complexity index is 423. The Morgan fingerprint density at radius 1 is 1.28 bits per heavy atom. The van der Waals surface area contributed by atoms with Crippen LogP contribution in [0.5, 0.6) is 0 Å². The van der Waals surface area contributed by atoms with E-state index in [0.29, 0.717) is 12.5 Å². The van der Waals surface area contributed by atoms with Gasteiger partial charge in [-0.25, -0.2) is 4.98 Å². The number of aliphatic hydroxyl groups excluding tert-OH is 1. The molecule has 0 amide bonds. The lowest BCUT2D eigenvalue weighted by molar-refractivity contribution is 0.191. The molecule has 6 heteroatoms. The Balaban J connectivity index is 2.21. The molecule has 0 saturated carbocycles. The summed E-state index contributed by atoms with van der Waals surface area (Å²) in [5.74, 6) is 0.626. The second-order valence-corrected chi connectivity index (χ2v) is 5.24. The van der Waals surface area contributed by atoms with E-state index in [1.165, 1.54) is 0 Å². The summed E-state index contributed by atoms with van der Waals surface area (Å²) in [6.07, 6.45) is 0.453. The highest BCUT2D eigenvalue weighted by Gasteiger charge is 2.33. The van der Waals surface area contributed by atoms with Gasteiger partial charge in [-0.3, -0.25) is 0 Å². The first-order valence-electron chi connectivity index (χ1n) is 6.24. The van der Waals surface area contributed by atoms with Crippen molar-refractivity contribution in [3.8, 4) is 0 Å². The molecule has 2 atom stereocenters. The van der Waals surface area contributed by atoms with Gasteiger partial charge in [0.05, 0.1) is 17.5 Å². The minimum Gasteiger partial charge on any atom is -0.391 e. The molecule has 1 aromatic rings. The maximum absolute atomic E-state index is 9.83. The lowest BCUT2D eigenvalue weighted by atomic mass is 10.2. The maximum atomic E-state index is 9.83. The highest BCUT2D eigenvalue weighted by Crippen LogP contribution is 2.23. The molecule has 2 unspecified atom stereocenters. The molecule has 1 aromatic heterocycles. The molecule has 0 spiro atoms. The fourth-order valence-electron chi connectivity index (χ4n) is 2.30. The normalized spacial score (nSPS) is 24.0. The average molecular weight is 251 g/mol. The van der Waals surface area contributed by atoms with Gasteiger partial charge in [0.1, 0.15) is 0 Å². The van der Waals surface area contributed by atoms with Crippen molar-refractivity contribution < 1.29 is 5.11 Å². The molecule has 0 bridgehead atoms. The van der Waals surface area contributed by atoms with Crippen molar-refractivity contribution in [1.29, 1.82) is 0 Å². The third-order valence-electron chi connectivity index (χ3n) is 3.31. The van der Waals surface area contributed by atoms with Gasteiger partial charge in [0, 0.05) is 19.1 Å². The molecule has 0 aromatic carbocycles. The van der Waals surface area contributed by atoms with Gasteiger partial charge < -0.3 is 14.9 Å². The van der Waals surface area contributed by atoms with Crippen LogP contribution in [-0.2, 0) is 0 Å². The van der Waals surface area contributed by atoms with Crippen LogP contribution in [0.15, 0.2) is 0 Å². The molecule has 1 aliphatic rings. The molecule has 1 fully saturated rings. The summed E-state index contributed by atoms with van der Waals surface area (Å²) < 4.78 is 0. The van der Waals surface area contributed by atoms with E-state index >= 15 is 0 Å². The highest BCUT2D eigenvalue weighted by atomic mass is 16.3. The van der Waals surface area contributed by atoms with Crippen LogP contribution in [0.3, 0.4) is 0 Å². The minimum absolute atomic E-state index is 0.249. The molecule has 1 N–H and O–H groups in total. The number of nitrogens with zero attached hydrogens (tertiary/aromatic N) is 5. The van der Waals surface area contributed by atoms with E-state index in [1.807, 2.05) is 27.9 Å². The molecular formula is C12H21N5O. The monoisotopic (exact) mass is 251 g/mol. The molecule has 0 aliphatic carbocycles. The van der Waals surface area contributed by atoms with Gasteiger partial charge in [-0.15, -0.1) is 5.10 Å². The Hall–Kier alpha value is -1.27. The first-order chi connectivity index (χ1) is 8.47. The molecule has 1 saturated heterocycles. The molecule has 6 nitrogen and oxygen atoms in total. The highest BCUT2D eigenvalue weighted by molar-refractivity contribution is 5.34. The van der Waals surface area contributed by atoms with Crippen molar-refractivity contribution in [2.45, 2.75) is 32.4 Å². The number of aromatic nitrogens is 3. The zero-order valence-corrected chi connectivity index (χ0v) is 11.5. The zero-order valence-electron chi connectivity index (χ0n) is 11.5. The van der Waals surface area contributed by atoms with E-state index in [1.54, 1.807) is 0 Å². The van der Waals surface area contributed by atoms with Gasteiger partial charge in [-0.1, -0.05) is 0 Å². The minimum atomic E-state index is -0.305. The van der Waals surface area contributed by atoms with Crippen LogP contribution in [0.1, 0.15) is 17.8 Å². The van der Waals surface area contributed by atoms with E-state index in [2.05, 4.69) is 25.0 Å². The number of likely N-dealkylation sites (N-methyl/N-ethyl adjacent to an activating group) is 1. The Kier molecular flexibility index (Phi) is 3.77. The number of aryl methyl sites for hydroxylation is 2. The SMILES string of the molecule is Cc1nnc(N2CC(O)CC2CN(C)C)nc1C. The van der Waals surface area contributed by atoms with Gasteiger partial charge in [0.15, 0.2) is 0 Å². The van der Waals surface area contributed by atoms with E-state index in [4.69, 9.17) is 0 Å². The summed E-state index contributed by atoms with van der Waals surface area (Å²) >= 11 is 0. The predicted molar refractivity (Wildman–Crippen MR) is 69.6 cm³/mol. The summed E-state index contributed by atoms with van der Waals surface area (Å²) in [7, 11) is 4.06. The first-order valence-corrected chi connectivity index (χ1v) is 6.24. The Labute approximate surface area is 108 Å². The molecular weight excluding hydrogens is 230 g/mol. The summed E-state index contributed by atoms with van der Waals surface area (Å²) in [6.45, 7) is 5.30. The summed E-state index contributed by atoms with van der Waals surface area (Å²) in [4.78, 5) is 8.64. The number of β-amino-alcohol motifs (C(OH)–C–C–N with tert-alkyl or cyclic N) is 1. The van der Waals surface area contributed by atoms with Crippen LogP contribution in [0.4, 0.5) is 5.95 Å². The second-order valence-electron chi connectivity index (χ2n) is 5.24. The van der Waals surface area contributed by atoms with Crippen molar-refractivity contribution in [3.05, 3.63) is 11.4 Å². The maximum Gasteiger partial charge on any atom is 0.245 e. The fourth-order valence-corrected chi connectivity index (χ4v) is 2.30.